The molecule has 1 aliphatic carbocycles. The van der Waals surface area contributed by atoms with E-state index in [2.05, 4.69) is 20.4 Å². The molecular weight excluding hydrogens is 148 g/mol. The molecule has 0 spiro atoms. The van der Waals surface area contributed by atoms with Crippen LogP contribution in [0.4, 0.5) is 0 Å². The SMILES string of the molecule is C=C1C[C@H](C)[C@H]2CO[C@H](C)[C@@H]1C2. The molecule has 0 aromatic carbocycles. The predicted octanol–water partition coefficient (Wildman–Crippen LogP) is 2.62. The Balaban J connectivity index is 2.14. The highest BCUT2D eigenvalue weighted by atomic mass is 16.5. The van der Waals surface area contributed by atoms with E-state index in [-0.39, 0.29) is 0 Å². The minimum Gasteiger partial charge on any atom is -0.378 e. The van der Waals surface area contributed by atoms with Gasteiger partial charge in [0.25, 0.3) is 0 Å². The summed E-state index contributed by atoms with van der Waals surface area (Å²) in [7, 11) is 0. The third-order valence-electron chi connectivity index (χ3n) is 3.61. The van der Waals surface area contributed by atoms with Crippen LogP contribution in [-0.4, -0.2) is 12.7 Å². The molecule has 0 N–H and O–H groups in total. The Morgan fingerprint density at radius 1 is 1.42 bits per heavy atom. The summed E-state index contributed by atoms with van der Waals surface area (Å²) in [5.74, 6) is 2.25. The minimum atomic E-state index is 0.418. The third-order valence-corrected chi connectivity index (χ3v) is 3.61. The first kappa shape index (κ1) is 8.31. The van der Waals surface area contributed by atoms with Crippen LogP contribution in [-0.2, 0) is 4.74 Å². The normalized spacial score (nSPS) is 47.7. The third kappa shape index (κ3) is 1.20. The van der Waals surface area contributed by atoms with Gasteiger partial charge in [-0.2, -0.15) is 0 Å². The maximum absolute atomic E-state index is 5.72. The van der Waals surface area contributed by atoms with Crippen LogP contribution in [0.25, 0.3) is 0 Å². The van der Waals surface area contributed by atoms with Crippen molar-refractivity contribution in [1.29, 1.82) is 0 Å². The second-order valence-electron chi connectivity index (χ2n) is 4.48. The summed E-state index contributed by atoms with van der Waals surface area (Å²) >= 11 is 0. The summed E-state index contributed by atoms with van der Waals surface area (Å²) in [6.07, 6.45) is 2.96. The first-order valence-corrected chi connectivity index (χ1v) is 4.97. The van der Waals surface area contributed by atoms with Crippen molar-refractivity contribution in [3.63, 3.8) is 0 Å². The lowest BCUT2D eigenvalue weighted by Crippen LogP contribution is -2.40. The fraction of sp³-hybridized carbons (Fsp3) is 0.818. The van der Waals surface area contributed by atoms with E-state index in [4.69, 9.17) is 4.74 Å². The van der Waals surface area contributed by atoms with Crippen molar-refractivity contribution in [2.45, 2.75) is 32.8 Å². The van der Waals surface area contributed by atoms with Gasteiger partial charge in [0.05, 0.1) is 12.7 Å². The molecule has 1 saturated heterocycles. The topological polar surface area (TPSA) is 9.23 Å². The van der Waals surface area contributed by atoms with Crippen LogP contribution in [0.1, 0.15) is 26.7 Å². The first-order chi connectivity index (χ1) is 5.68. The zero-order valence-corrected chi connectivity index (χ0v) is 8.05. The summed E-state index contributed by atoms with van der Waals surface area (Å²) in [5, 5.41) is 0. The molecule has 0 aromatic heterocycles. The Labute approximate surface area is 74.8 Å². The highest BCUT2D eigenvalue weighted by Gasteiger charge is 2.37. The van der Waals surface area contributed by atoms with Crippen LogP contribution in [0.3, 0.4) is 0 Å². The van der Waals surface area contributed by atoms with Crippen molar-refractivity contribution < 1.29 is 4.74 Å². The summed E-state index contributed by atoms with van der Waals surface area (Å²) in [6, 6.07) is 0. The van der Waals surface area contributed by atoms with Gasteiger partial charge >= 0.3 is 0 Å². The van der Waals surface area contributed by atoms with Crippen molar-refractivity contribution >= 4 is 0 Å². The van der Waals surface area contributed by atoms with Gasteiger partial charge in [0, 0.05) is 5.92 Å². The van der Waals surface area contributed by atoms with Crippen molar-refractivity contribution in [3.05, 3.63) is 12.2 Å². The highest BCUT2D eigenvalue weighted by molar-refractivity contribution is 5.10. The maximum Gasteiger partial charge on any atom is 0.0612 e. The van der Waals surface area contributed by atoms with Crippen LogP contribution in [0.5, 0.6) is 0 Å². The van der Waals surface area contributed by atoms with Crippen LogP contribution in [0.15, 0.2) is 12.2 Å². The Morgan fingerprint density at radius 2 is 2.17 bits per heavy atom. The van der Waals surface area contributed by atoms with Gasteiger partial charge in [0.1, 0.15) is 0 Å². The first-order valence-electron chi connectivity index (χ1n) is 4.97. The molecule has 0 unspecified atom stereocenters. The lowest BCUT2D eigenvalue weighted by atomic mass is 9.69. The Morgan fingerprint density at radius 3 is 2.92 bits per heavy atom. The van der Waals surface area contributed by atoms with Gasteiger partial charge < -0.3 is 4.74 Å². The average Bonchev–Trinajstić information content (AvgIpc) is 2.03. The molecular formula is C11H18O. The molecule has 1 saturated carbocycles. The lowest BCUT2D eigenvalue weighted by Gasteiger charge is -2.43. The van der Waals surface area contributed by atoms with Gasteiger partial charge in [-0.25, -0.2) is 0 Å². The molecule has 4 atom stereocenters. The summed E-state index contributed by atoms with van der Waals surface area (Å²) in [6.45, 7) is 9.64. The van der Waals surface area contributed by atoms with E-state index in [1.165, 1.54) is 18.4 Å². The fourth-order valence-electron chi connectivity index (χ4n) is 2.60. The number of hydrogen-bond donors (Lipinski definition) is 0. The molecule has 2 fully saturated rings. The number of fused-ring (bicyclic) bond motifs is 2. The smallest absolute Gasteiger partial charge is 0.0612 e. The van der Waals surface area contributed by atoms with E-state index in [1.807, 2.05) is 0 Å². The van der Waals surface area contributed by atoms with Gasteiger partial charge in [-0.05, 0) is 31.6 Å². The molecule has 12 heavy (non-hydrogen) atoms. The number of hydrogen-bond acceptors (Lipinski definition) is 1. The summed E-state index contributed by atoms with van der Waals surface area (Å²) < 4.78 is 5.72. The molecule has 1 nitrogen and oxygen atoms in total. The molecule has 2 rings (SSSR count). The predicted molar refractivity (Wildman–Crippen MR) is 49.9 cm³/mol. The number of rotatable bonds is 0. The Bertz CT molecular complexity index is 197. The van der Waals surface area contributed by atoms with Crippen molar-refractivity contribution in [2.24, 2.45) is 17.8 Å². The van der Waals surface area contributed by atoms with Gasteiger partial charge in [-0.3, -0.25) is 0 Å². The van der Waals surface area contributed by atoms with Crippen LogP contribution in [0, 0.1) is 17.8 Å². The van der Waals surface area contributed by atoms with Gasteiger partial charge in [-0.1, -0.05) is 19.1 Å². The van der Waals surface area contributed by atoms with E-state index in [9.17, 15) is 0 Å². The zero-order chi connectivity index (χ0) is 8.72. The molecule has 2 aliphatic rings. The second kappa shape index (κ2) is 2.88. The molecule has 0 radical (unpaired) electrons. The summed E-state index contributed by atoms with van der Waals surface area (Å²) in [5.41, 5.74) is 1.42. The van der Waals surface area contributed by atoms with Crippen molar-refractivity contribution in [2.75, 3.05) is 6.61 Å². The largest absolute Gasteiger partial charge is 0.378 e. The van der Waals surface area contributed by atoms with Gasteiger partial charge in [0.15, 0.2) is 0 Å². The molecule has 0 aromatic rings. The number of ether oxygens (including phenoxy) is 1. The molecule has 0 amide bonds. The molecule has 1 heterocycles. The van der Waals surface area contributed by atoms with Crippen molar-refractivity contribution in [1.82, 2.24) is 0 Å². The molecule has 1 heteroatoms. The lowest BCUT2D eigenvalue weighted by molar-refractivity contribution is -0.0626. The minimum absolute atomic E-state index is 0.418. The van der Waals surface area contributed by atoms with E-state index in [1.54, 1.807) is 0 Å². The average molecular weight is 166 g/mol. The van der Waals surface area contributed by atoms with E-state index < -0.39 is 0 Å². The van der Waals surface area contributed by atoms with E-state index >= 15 is 0 Å². The van der Waals surface area contributed by atoms with E-state index in [0.29, 0.717) is 12.0 Å². The quantitative estimate of drug-likeness (QED) is 0.503. The van der Waals surface area contributed by atoms with Gasteiger partial charge in [0.2, 0.25) is 0 Å². The van der Waals surface area contributed by atoms with Crippen molar-refractivity contribution in [3.8, 4) is 0 Å². The van der Waals surface area contributed by atoms with Crippen LogP contribution in [0.2, 0.25) is 0 Å². The monoisotopic (exact) mass is 166 g/mol. The highest BCUT2D eigenvalue weighted by Crippen LogP contribution is 2.42. The molecule has 2 bridgehead atoms. The van der Waals surface area contributed by atoms with Gasteiger partial charge in [-0.15, -0.1) is 0 Å². The summed E-state index contributed by atoms with van der Waals surface area (Å²) in [4.78, 5) is 0. The standard InChI is InChI=1S/C11H18O/c1-7-4-8(2)11-5-10(7)6-12-9(11)3/h7,9-11H,2,4-6H2,1,3H3/t7-,9+,10+,11+/m0/s1. The fourth-order valence-corrected chi connectivity index (χ4v) is 2.60. The maximum atomic E-state index is 5.72. The Kier molecular flexibility index (Phi) is 1.99. The zero-order valence-electron chi connectivity index (χ0n) is 8.05. The molecule has 1 aliphatic heterocycles. The molecule has 68 valence electrons. The van der Waals surface area contributed by atoms with E-state index in [0.717, 1.165) is 18.4 Å². The van der Waals surface area contributed by atoms with Crippen LogP contribution >= 0.6 is 0 Å². The van der Waals surface area contributed by atoms with Crippen LogP contribution < -0.4 is 0 Å². The second-order valence-corrected chi connectivity index (χ2v) is 4.48. The Hall–Kier alpha value is -0.300.